The van der Waals surface area contributed by atoms with Crippen molar-refractivity contribution in [2.75, 3.05) is 7.11 Å². The normalized spacial score (nSPS) is 12.0. The highest BCUT2D eigenvalue weighted by Gasteiger charge is 2.15. The molecule has 7 heteroatoms. The fourth-order valence-electron chi connectivity index (χ4n) is 1.99. The zero-order valence-corrected chi connectivity index (χ0v) is 12.7. The monoisotopic (exact) mass is 307 g/mol. The molecule has 0 saturated heterocycles. The van der Waals surface area contributed by atoms with Crippen LogP contribution in [0.1, 0.15) is 36.7 Å². The number of nitrogens with one attached hydrogen (secondary N) is 1. The molecule has 1 aromatic carbocycles. The highest BCUT2D eigenvalue weighted by Crippen LogP contribution is 2.18. The molecule has 0 unspecified atom stereocenters. The molecule has 118 valence electrons. The largest absolute Gasteiger partial charge is 0.494 e. The predicted molar refractivity (Wildman–Crippen MR) is 76.9 cm³/mol. The summed E-state index contributed by atoms with van der Waals surface area (Å²) in [5, 5.41) is 6.44. The van der Waals surface area contributed by atoms with Gasteiger partial charge >= 0.3 is 0 Å². The molecule has 1 atom stereocenters. The van der Waals surface area contributed by atoms with Gasteiger partial charge in [-0.1, -0.05) is 11.2 Å². The molecule has 0 aliphatic carbocycles. The van der Waals surface area contributed by atoms with Crippen LogP contribution in [0.3, 0.4) is 0 Å². The van der Waals surface area contributed by atoms with Gasteiger partial charge in [-0.3, -0.25) is 4.79 Å². The SMILES string of the molecule is COc1ccc(CCC(=O)N[C@H](C)c2nc(C)no2)cc1F. The average molecular weight is 307 g/mol. The quantitative estimate of drug-likeness (QED) is 0.886. The second-order valence-electron chi connectivity index (χ2n) is 4.94. The Labute approximate surface area is 127 Å². The van der Waals surface area contributed by atoms with Gasteiger partial charge in [0.2, 0.25) is 11.8 Å². The van der Waals surface area contributed by atoms with Crippen LogP contribution >= 0.6 is 0 Å². The fourth-order valence-corrected chi connectivity index (χ4v) is 1.99. The maximum Gasteiger partial charge on any atom is 0.248 e. The minimum absolute atomic E-state index is 0.167. The lowest BCUT2D eigenvalue weighted by Crippen LogP contribution is -2.27. The number of aryl methyl sites for hydroxylation is 2. The summed E-state index contributed by atoms with van der Waals surface area (Å²) in [5.74, 6) is 0.467. The van der Waals surface area contributed by atoms with Gasteiger partial charge in [0.1, 0.15) is 6.04 Å². The molecule has 0 spiro atoms. The van der Waals surface area contributed by atoms with Crippen molar-refractivity contribution in [1.82, 2.24) is 15.5 Å². The van der Waals surface area contributed by atoms with Gasteiger partial charge < -0.3 is 14.6 Å². The Balaban J connectivity index is 1.86. The van der Waals surface area contributed by atoms with Crippen LogP contribution < -0.4 is 10.1 Å². The number of nitrogens with zero attached hydrogens (tertiary/aromatic N) is 2. The number of methoxy groups -OCH3 is 1. The average Bonchev–Trinajstić information content (AvgIpc) is 2.92. The number of halogens is 1. The fraction of sp³-hybridized carbons (Fsp3) is 0.400. The number of hydrogen-bond donors (Lipinski definition) is 1. The summed E-state index contributed by atoms with van der Waals surface area (Å²) in [4.78, 5) is 16.0. The summed E-state index contributed by atoms with van der Waals surface area (Å²) in [6.45, 7) is 3.47. The third-order valence-corrected chi connectivity index (χ3v) is 3.15. The standard InChI is InChI=1S/C15H18FN3O3/c1-9(15-18-10(2)19-22-15)17-14(20)7-5-11-4-6-13(21-3)12(16)8-11/h4,6,8-9H,5,7H2,1-3H3,(H,17,20)/t9-/m1/s1. The maximum atomic E-state index is 13.6. The summed E-state index contributed by atoms with van der Waals surface area (Å²) >= 11 is 0. The van der Waals surface area contributed by atoms with Crippen LogP contribution in [0.4, 0.5) is 4.39 Å². The minimum atomic E-state index is -0.435. The van der Waals surface area contributed by atoms with Gasteiger partial charge in [-0.15, -0.1) is 0 Å². The number of carbonyl (C=O) groups is 1. The van der Waals surface area contributed by atoms with E-state index in [0.29, 0.717) is 18.1 Å². The van der Waals surface area contributed by atoms with Crippen LogP contribution in [-0.4, -0.2) is 23.2 Å². The van der Waals surface area contributed by atoms with Crippen LogP contribution in [0.2, 0.25) is 0 Å². The van der Waals surface area contributed by atoms with E-state index in [1.54, 1.807) is 26.0 Å². The molecule has 2 rings (SSSR count). The summed E-state index contributed by atoms with van der Waals surface area (Å²) in [5.41, 5.74) is 0.731. The third kappa shape index (κ3) is 4.03. The topological polar surface area (TPSA) is 77.2 Å². The summed E-state index contributed by atoms with van der Waals surface area (Å²) in [6, 6.07) is 4.30. The van der Waals surface area contributed by atoms with E-state index >= 15 is 0 Å². The molecule has 1 N–H and O–H groups in total. The van der Waals surface area contributed by atoms with Gasteiger partial charge in [-0.05, 0) is 38.0 Å². The number of amides is 1. The van der Waals surface area contributed by atoms with E-state index in [0.717, 1.165) is 5.56 Å². The predicted octanol–water partition coefficient (Wildman–Crippen LogP) is 2.34. The lowest BCUT2D eigenvalue weighted by Gasteiger charge is -2.10. The van der Waals surface area contributed by atoms with E-state index in [1.807, 2.05) is 0 Å². The van der Waals surface area contributed by atoms with Gasteiger partial charge in [0.15, 0.2) is 17.4 Å². The van der Waals surface area contributed by atoms with Gasteiger partial charge in [-0.2, -0.15) is 4.98 Å². The van der Waals surface area contributed by atoms with Gasteiger partial charge in [0.25, 0.3) is 0 Å². The van der Waals surface area contributed by atoms with Crippen molar-refractivity contribution in [3.63, 3.8) is 0 Å². The van der Waals surface area contributed by atoms with Crippen molar-refractivity contribution in [3.8, 4) is 5.75 Å². The molecule has 0 aliphatic rings. The zero-order chi connectivity index (χ0) is 16.1. The second kappa shape index (κ2) is 7.02. The van der Waals surface area contributed by atoms with Crippen molar-refractivity contribution in [1.29, 1.82) is 0 Å². The Morgan fingerprint density at radius 2 is 2.27 bits per heavy atom. The molecule has 2 aromatic rings. The second-order valence-corrected chi connectivity index (χ2v) is 4.94. The number of carbonyl (C=O) groups excluding carboxylic acids is 1. The summed E-state index contributed by atoms with van der Waals surface area (Å²) < 4.78 is 23.4. The molecule has 22 heavy (non-hydrogen) atoms. The first-order chi connectivity index (χ1) is 10.5. The molecule has 0 fully saturated rings. The van der Waals surface area contributed by atoms with Crippen LogP contribution in [0, 0.1) is 12.7 Å². The first-order valence-corrected chi connectivity index (χ1v) is 6.91. The van der Waals surface area contributed by atoms with Crippen molar-refractivity contribution in [2.24, 2.45) is 0 Å². The van der Waals surface area contributed by atoms with E-state index in [1.165, 1.54) is 13.2 Å². The smallest absolute Gasteiger partial charge is 0.248 e. The van der Waals surface area contributed by atoms with Crippen molar-refractivity contribution in [3.05, 3.63) is 41.3 Å². The van der Waals surface area contributed by atoms with Crippen LogP contribution in [0.25, 0.3) is 0 Å². The highest BCUT2D eigenvalue weighted by molar-refractivity contribution is 5.76. The van der Waals surface area contributed by atoms with Gasteiger partial charge in [0.05, 0.1) is 7.11 Å². The van der Waals surface area contributed by atoms with Crippen LogP contribution in [-0.2, 0) is 11.2 Å². The minimum Gasteiger partial charge on any atom is -0.494 e. The van der Waals surface area contributed by atoms with Crippen molar-refractivity contribution >= 4 is 5.91 Å². The molecule has 0 radical (unpaired) electrons. The Bertz CT molecular complexity index is 657. The Hall–Kier alpha value is -2.44. The van der Waals surface area contributed by atoms with E-state index in [-0.39, 0.29) is 24.1 Å². The molecule has 1 aromatic heterocycles. The number of hydrogen-bond acceptors (Lipinski definition) is 5. The van der Waals surface area contributed by atoms with Crippen LogP contribution in [0.5, 0.6) is 5.75 Å². The lowest BCUT2D eigenvalue weighted by atomic mass is 10.1. The Kier molecular flexibility index (Phi) is 5.08. The molecule has 0 saturated carbocycles. The molecule has 6 nitrogen and oxygen atoms in total. The molecular formula is C15H18FN3O3. The van der Waals surface area contributed by atoms with E-state index < -0.39 is 5.82 Å². The van der Waals surface area contributed by atoms with Gasteiger partial charge in [-0.25, -0.2) is 4.39 Å². The van der Waals surface area contributed by atoms with Crippen LogP contribution in [0.15, 0.2) is 22.7 Å². The highest BCUT2D eigenvalue weighted by atomic mass is 19.1. The van der Waals surface area contributed by atoms with Gasteiger partial charge in [0, 0.05) is 6.42 Å². The lowest BCUT2D eigenvalue weighted by molar-refractivity contribution is -0.121. The zero-order valence-electron chi connectivity index (χ0n) is 12.7. The van der Waals surface area contributed by atoms with Crippen molar-refractivity contribution in [2.45, 2.75) is 32.7 Å². The number of benzene rings is 1. The molecule has 1 amide bonds. The Morgan fingerprint density at radius 3 is 2.86 bits per heavy atom. The molecule has 0 bridgehead atoms. The van der Waals surface area contributed by atoms with E-state index in [4.69, 9.17) is 9.26 Å². The number of aromatic nitrogens is 2. The molecule has 0 aliphatic heterocycles. The van der Waals surface area contributed by atoms with E-state index in [2.05, 4.69) is 15.5 Å². The number of rotatable bonds is 6. The molecular weight excluding hydrogens is 289 g/mol. The summed E-state index contributed by atoms with van der Waals surface area (Å²) in [7, 11) is 1.41. The first-order valence-electron chi connectivity index (χ1n) is 6.91. The first kappa shape index (κ1) is 15.9. The summed E-state index contributed by atoms with van der Waals surface area (Å²) in [6.07, 6.45) is 0.672. The Morgan fingerprint density at radius 1 is 1.50 bits per heavy atom. The molecule has 1 heterocycles. The van der Waals surface area contributed by atoms with E-state index in [9.17, 15) is 9.18 Å². The number of ether oxygens (including phenoxy) is 1. The van der Waals surface area contributed by atoms with Crippen molar-refractivity contribution < 1.29 is 18.4 Å². The maximum absolute atomic E-state index is 13.6. The third-order valence-electron chi connectivity index (χ3n) is 3.15.